The van der Waals surface area contributed by atoms with Crippen LogP contribution in [0.3, 0.4) is 0 Å². The number of pyridine rings is 1. The van der Waals surface area contributed by atoms with Gasteiger partial charge in [0.15, 0.2) is 0 Å². The summed E-state index contributed by atoms with van der Waals surface area (Å²) in [5, 5.41) is 6.49. The van der Waals surface area contributed by atoms with Crippen molar-refractivity contribution >= 4 is 34.0 Å². The van der Waals surface area contributed by atoms with Crippen LogP contribution in [0.4, 0.5) is 5.69 Å². The van der Waals surface area contributed by atoms with E-state index in [9.17, 15) is 14.4 Å². The van der Waals surface area contributed by atoms with Crippen LogP contribution in [-0.4, -0.2) is 20.0 Å². The van der Waals surface area contributed by atoms with Crippen molar-refractivity contribution < 1.29 is 4.79 Å². The van der Waals surface area contributed by atoms with E-state index in [2.05, 4.69) is 10.3 Å². The summed E-state index contributed by atoms with van der Waals surface area (Å²) in [7, 11) is 2.95. The van der Waals surface area contributed by atoms with Crippen molar-refractivity contribution in [3.05, 3.63) is 55.5 Å². The van der Waals surface area contributed by atoms with Crippen LogP contribution in [0.5, 0.6) is 0 Å². The van der Waals surface area contributed by atoms with Crippen LogP contribution in [0.25, 0.3) is 11.0 Å². The zero-order valence-corrected chi connectivity index (χ0v) is 12.7. The van der Waals surface area contributed by atoms with E-state index in [0.29, 0.717) is 11.3 Å². The van der Waals surface area contributed by atoms with Crippen LogP contribution >= 0.6 is 11.3 Å². The Balaban J connectivity index is 2.09. The molecule has 1 N–H and O–H groups in total. The van der Waals surface area contributed by atoms with Gasteiger partial charge in [0.05, 0.1) is 22.8 Å². The molecule has 0 unspecified atom stereocenters. The van der Waals surface area contributed by atoms with Gasteiger partial charge in [-0.05, 0) is 17.5 Å². The minimum Gasteiger partial charge on any atom is -0.321 e. The lowest BCUT2D eigenvalue weighted by atomic mass is 10.2. The molecule has 22 heavy (non-hydrogen) atoms. The van der Waals surface area contributed by atoms with Crippen LogP contribution in [0.2, 0.25) is 0 Å². The minimum atomic E-state index is -0.447. The Bertz CT molecular complexity index is 986. The van der Waals surface area contributed by atoms with Gasteiger partial charge in [-0.3, -0.25) is 18.7 Å². The summed E-state index contributed by atoms with van der Waals surface area (Å²) in [4.78, 5) is 40.1. The molecule has 0 atom stereocenters. The maximum atomic E-state index is 12.2. The highest BCUT2D eigenvalue weighted by Crippen LogP contribution is 2.14. The number of nitrogens with one attached hydrogen (secondary N) is 1. The molecule has 0 bridgehead atoms. The van der Waals surface area contributed by atoms with E-state index in [1.54, 1.807) is 23.9 Å². The summed E-state index contributed by atoms with van der Waals surface area (Å²) >= 11 is 1.42. The summed E-state index contributed by atoms with van der Waals surface area (Å²) in [5.74, 6) is -0.274. The fraction of sp³-hybridized carbons (Fsp3) is 0.143. The maximum absolute atomic E-state index is 12.2. The van der Waals surface area contributed by atoms with Gasteiger partial charge in [-0.1, -0.05) is 0 Å². The van der Waals surface area contributed by atoms with Crippen molar-refractivity contribution in [2.75, 3.05) is 5.32 Å². The number of fused-ring (bicyclic) bond motifs is 1. The minimum absolute atomic E-state index is 0.271. The SMILES string of the molecule is Cn1c(=O)c2cc(NC(=O)c3ccsc3)cnc2n(C)c1=O. The average molecular weight is 316 g/mol. The molecule has 7 nitrogen and oxygen atoms in total. The zero-order chi connectivity index (χ0) is 15.9. The molecule has 0 aromatic carbocycles. The lowest BCUT2D eigenvalue weighted by molar-refractivity contribution is 0.102. The van der Waals surface area contributed by atoms with Gasteiger partial charge < -0.3 is 5.32 Å². The van der Waals surface area contributed by atoms with E-state index in [-0.39, 0.29) is 16.9 Å². The number of amides is 1. The van der Waals surface area contributed by atoms with Gasteiger partial charge in [-0.2, -0.15) is 11.3 Å². The van der Waals surface area contributed by atoms with E-state index < -0.39 is 11.2 Å². The fourth-order valence-corrected chi connectivity index (χ4v) is 2.77. The summed E-state index contributed by atoms with van der Waals surface area (Å²) in [5.41, 5.74) is 0.330. The van der Waals surface area contributed by atoms with E-state index in [1.165, 1.54) is 35.2 Å². The Kier molecular flexibility index (Phi) is 3.38. The lowest BCUT2D eigenvalue weighted by Gasteiger charge is -2.08. The number of rotatable bonds is 2. The average Bonchev–Trinajstić information content (AvgIpc) is 3.05. The molecule has 0 saturated heterocycles. The predicted molar refractivity (Wildman–Crippen MR) is 84.5 cm³/mol. The van der Waals surface area contributed by atoms with Crippen molar-refractivity contribution in [2.24, 2.45) is 14.1 Å². The third-order valence-electron chi connectivity index (χ3n) is 3.33. The summed E-state index contributed by atoms with van der Waals surface area (Å²) < 4.78 is 2.30. The topological polar surface area (TPSA) is 86.0 Å². The molecule has 0 radical (unpaired) electrons. The molecule has 112 valence electrons. The molecule has 0 aliphatic rings. The normalized spacial score (nSPS) is 10.8. The van der Waals surface area contributed by atoms with Gasteiger partial charge >= 0.3 is 5.69 Å². The number of carbonyl (C=O) groups excluding carboxylic acids is 1. The number of hydrogen-bond acceptors (Lipinski definition) is 5. The smallest absolute Gasteiger partial charge is 0.321 e. The standard InChI is InChI=1S/C14H12N4O3S/c1-17-11-10(13(20)18(2)14(17)21)5-9(6-15-11)16-12(19)8-3-4-22-7-8/h3-7H,1-2H3,(H,16,19). The number of aromatic nitrogens is 3. The van der Waals surface area contributed by atoms with E-state index in [4.69, 9.17) is 0 Å². The second-order valence-corrected chi connectivity index (χ2v) is 5.55. The molecule has 0 fully saturated rings. The third-order valence-corrected chi connectivity index (χ3v) is 4.02. The first-order valence-corrected chi connectivity index (χ1v) is 7.32. The van der Waals surface area contributed by atoms with Gasteiger partial charge in [0.2, 0.25) is 0 Å². The first-order chi connectivity index (χ1) is 10.5. The Morgan fingerprint density at radius 2 is 2.05 bits per heavy atom. The van der Waals surface area contributed by atoms with Crippen LogP contribution in [0.15, 0.2) is 38.7 Å². The summed E-state index contributed by atoms with van der Waals surface area (Å²) in [6, 6.07) is 3.23. The van der Waals surface area contributed by atoms with Gasteiger partial charge in [-0.25, -0.2) is 9.78 Å². The second-order valence-electron chi connectivity index (χ2n) is 4.77. The molecule has 0 saturated carbocycles. The fourth-order valence-electron chi connectivity index (χ4n) is 2.13. The Hall–Kier alpha value is -2.74. The molecule has 8 heteroatoms. The molecule has 1 amide bonds. The number of aryl methyl sites for hydroxylation is 1. The molecule has 3 rings (SSSR count). The molecule has 0 aliphatic carbocycles. The Morgan fingerprint density at radius 1 is 1.27 bits per heavy atom. The number of anilines is 1. The summed E-state index contributed by atoms with van der Waals surface area (Å²) in [6.07, 6.45) is 1.42. The lowest BCUT2D eigenvalue weighted by Crippen LogP contribution is -2.37. The first-order valence-electron chi connectivity index (χ1n) is 6.38. The second kappa shape index (κ2) is 5.23. The zero-order valence-electron chi connectivity index (χ0n) is 11.9. The highest BCUT2D eigenvalue weighted by atomic mass is 32.1. The highest BCUT2D eigenvalue weighted by molar-refractivity contribution is 7.08. The van der Waals surface area contributed by atoms with Gasteiger partial charge in [0, 0.05) is 19.5 Å². The number of carbonyl (C=O) groups is 1. The molecule has 3 aromatic heterocycles. The van der Waals surface area contributed by atoms with E-state index in [1.807, 2.05) is 0 Å². The third kappa shape index (κ3) is 2.23. The van der Waals surface area contributed by atoms with Gasteiger partial charge in [0.25, 0.3) is 11.5 Å². The van der Waals surface area contributed by atoms with Crippen molar-refractivity contribution in [3.8, 4) is 0 Å². The number of thiophene rings is 1. The van der Waals surface area contributed by atoms with Crippen molar-refractivity contribution in [1.82, 2.24) is 14.1 Å². The van der Waals surface area contributed by atoms with Gasteiger partial charge in [0.1, 0.15) is 5.65 Å². The van der Waals surface area contributed by atoms with Crippen LogP contribution in [0.1, 0.15) is 10.4 Å². The molecule has 0 aliphatic heterocycles. The van der Waals surface area contributed by atoms with Crippen LogP contribution in [0, 0.1) is 0 Å². The van der Waals surface area contributed by atoms with Gasteiger partial charge in [-0.15, -0.1) is 0 Å². The number of nitrogens with zero attached hydrogens (tertiary/aromatic N) is 3. The monoisotopic (exact) mass is 316 g/mol. The Labute approximate surface area is 128 Å². The van der Waals surface area contributed by atoms with Crippen molar-refractivity contribution in [1.29, 1.82) is 0 Å². The highest BCUT2D eigenvalue weighted by Gasteiger charge is 2.12. The quantitative estimate of drug-likeness (QED) is 0.762. The molecular weight excluding hydrogens is 304 g/mol. The van der Waals surface area contributed by atoms with E-state index >= 15 is 0 Å². The maximum Gasteiger partial charge on any atom is 0.332 e. The first kappa shape index (κ1) is 14.2. The predicted octanol–water partition coefficient (Wildman–Crippen LogP) is 0.946. The summed E-state index contributed by atoms with van der Waals surface area (Å²) in [6.45, 7) is 0. The van der Waals surface area contributed by atoms with Crippen molar-refractivity contribution in [2.45, 2.75) is 0 Å². The van der Waals surface area contributed by atoms with Crippen LogP contribution < -0.4 is 16.6 Å². The molecular formula is C14H12N4O3S. The van der Waals surface area contributed by atoms with Crippen LogP contribution in [-0.2, 0) is 14.1 Å². The van der Waals surface area contributed by atoms with Crippen molar-refractivity contribution in [3.63, 3.8) is 0 Å². The molecule has 0 spiro atoms. The number of hydrogen-bond donors (Lipinski definition) is 1. The molecule has 3 heterocycles. The largest absolute Gasteiger partial charge is 0.332 e. The van der Waals surface area contributed by atoms with E-state index in [0.717, 1.165) is 4.57 Å². The Morgan fingerprint density at radius 3 is 2.73 bits per heavy atom. The molecule has 3 aromatic rings.